The number of hydrogen-bond donors (Lipinski definition) is 2. The quantitative estimate of drug-likeness (QED) is 0.742. The first-order valence-corrected chi connectivity index (χ1v) is 8.11. The molecule has 0 saturated heterocycles. The number of carbonyl (C=O) groups excluding carboxylic acids is 2. The second-order valence-corrected chi connectivity index (χ2v) is 5.69. The molecule has 132 valence electrons. The van der Waals surface area contributed by atoms with E-state index in [4.69, 9.17) is 9.47 Å². The number of amides is 2. The molecule has 0 bridgehead atoms. The summed E-state index contributed by atoms with van der Waals surface area (Å²) >= 11 is 0. The van der Waals surface area contributed by atoms with Gasteiger partial charge in [-0.3, -0.25) is 9.59 Å². The van der Waals surface area contributed by atoms with Crippen LogP contribution in [0.15, 0.2) is 48.7 Å². The largest absolute Gasteiger partial charge is 0.486 e. The molecule has 0 unspecified atom stereocenters. The Hall–Kier alpha value is -3.55. The Bertz CT molecular complexity index is 949. The van der Waals surface area contributed by atoms with Gasteiger partial charge in [0, 0.05) is 18.0 Å². The van der Waals surface area contributed by atoms with E-state index >= 15 is 0 Å². The van der Waals surface area contributed by atoms with Crippen LogP contribution in [0, 0.1) is 0 Å². The van der Waals surface area contributed by atoms with Crippen LogP contribution in [0.5, 0.6) is 11.5 Å². The third-order valence-electron chi connectivity index (χ3n) is 3.84. The Morgan fingerprint density at radius 1 is 1.08 bits per heavy atom. The summed E-state index contributed by atoms with van der Waals surface area (Å²) < 4.78 is 12.5. The summed E-state index contributed by atoms with van der Waals surface area (Å²) in [7, 11) is 0. The average Bonchev–Trinajstić information content (AvgIpc) is 3.10. The van der Waals surface area contributed by atoms with Gasteiger partial charge in [0.2, 0.25) is 5.91 Å². The second-order valence-electron chi connectivity index (χ2n) is 5.69. The maximum atomic E-state index is 12.2. The van der Waals surface area contributed by atoms with Gasteiger partial charge in [-0.1, -0.05) is 6.07 Å². The molecule has 2 aromatic heterocycles. The van der Waals surface area contributed by atoms with Crippen molar-refractivity contribution in [3.8, 4) is 11.5 Å². The lowest BCUT2D eigenvalue weighted by molar-refractivity contribution is -0.115. The summed E-state index contributed by atoms with van der Waals surface area (Å²) in [6, 6.07) is 12.3. The normalized spacial score (nSPS) is 12.6. The summed E-state index contributed by atoms with van der Waals surface area (Å²) in [6.07, 6.45) is 1.75. The Labute approximate surface area is 148 Å². The zero-order valence-electron chi connectivity index (χ0n) is 13.8. The number of benzene rings is 1. The van der Waals surface area contributed by atoms with Crippen LogP contribution in [0.4, 0.5) is 5.69 Å². The molecule has 0 radical (unpaired) electrons. The van der Waals surface area contributed by atoms with E-state index in [0.717, 1.165) is 5.52 Å². The van der Waals surface area contributed by atoms with Crippen LogP contribution in [0.25, 0.3) is 5.52 Å². The number of fused-ring (bicyclic) bond motifs is 2. The molecular weight excluding hydrogens is 336 g/mol. The molecular formula is C18H16N4O4. The lowest BCUT2D eigenvalue weighted by atomic mass is 10.2. The molecule has 0 aliphatic carbocycles. The van der Waals surface area contributed by atoms with E-state index in [1.807, 2.05) is 18.2 Å². The van der Waals surface area contributed by atoms with E-state index in [-0.39, 0.29) is 18.1 Å². The van der Waals surface area contributed by atoms with Gasteiger partial charge in [0.05, 0.1) is 12.1 Å². The first kappa shape index (κ1) is 15.9. The predicted molar refractivity (Wildman–Crippen MR) is 93.6 cm³/mol. The number of ether oxygens (including phenoxy) is 2. The topological polar surface area (TPSA) is 94.0 Å². The van der Waals surface area contributed by atoms with E-state index in [1.54, 1.807) is 35.0 Å². The summed E-state index contributed by atoms with van der Waals surface area (Å²) in [6.45, 7) is 0.814. The lowest BCUT2D eigenvalue weighted by Gasteiger charge is -2.19. The fraction of sp³-hybridized carbons (Fsp3) is 0.167. The number of anilines is 1. The zero-order chi connectivity index (χ0) is 17.9. The first-order chi connectivity index (χ1) is 12.7. The van der Waals surface area contributed by atoms with Crippen LogP contribution in [-0.4, -0.2) is 41.2 Å². The van der Waals surface area contributed by atoms with Crippen molar-refractivity contribution in [2.75, 3.05) is 25.1 Å². The highest BCUT2D eigenvalue weighted by Gasteiger charge is 2.14. The Morgan fingerprint density at radius 2 is 1.92 bits per heavy atom. The number of hydrogen-bond acceptors (Lipinski definition) is 5. The fourth-order valence-electron chi connectivity index (χ4n) is 2.63. The minimum atomic E-state index is -0.411. The van der Waals surface area contributed by atoms with E-state index in [0.29, 0.717) is 30.4 Å². The molecule has 4 rings (SSSR count). The monoisotopic (exact) mass is 352 g/mol. The molecule has 1 aliphatic rings. The van der Waals surface area contributed by atoms with Crippen LogP contribution in [0.2, 0.25) is 0 Å². The van der Waals surface area contributed by atoms with Gasteiger partial charge < -0.3 is 20.1 Å². The number of nitrogens with one attached hydrogen (secondary N) is 2. The highest BCUT2D eigenvalue weighted by atomic mass is 16.6. The van der Waals surface area contributed by atoms with Crippen molar-refractivity contribution in [2.45, 2.75) is 0 Å². The maximum absolute atomic E-state index is 12.2. The van der Waals surface area contributed by atoms with Crippen LogP contribution in [0.1, 0.15) is 10.5 Å². The molecule has 26 heavy (non-hydrogen) atoms. The van der Waals surface area contributed by atoms with E-state index in [1.165, 1.54) is 0 Å². The van der Waals surface area contributed by atoms with Gasteiger partial charge in [0.1, 0.15) is 13.2 Å². The highest BCUT2D eigenvalue weighted by molar-refractivity contribution is 5.99. The lowest BCUT2D eigenvalue weighted by Crippen LogP contribution is -2.33. The van der Waals surface area contributed by atoms with E-state index in [2.05, 4.69) is 15.7 Å². The van der Waals surface area contributed by atoms with Crippen molar-refractivity contribution in [3.63, 3.8) is 0 Å². The SMILES string of the molecule is O=C(CNC(=O)c1cc2ccccn2n1)Nc1ccc2c(c1)OCCO2. The third-order valence-corrected chi connectivity index (χ3v) is 3.84. The molecule has 2 N–H and O–H groups in total. The minimum absolute atomic E-state index is 0.166. The van der Waals surface area contributed by atoms with Crippen LogP contribution in [-0.2, 0) is 4.79 Å². The van der Waals surface area contributed by atoms with Crippen LogP contribution >= 0.6 is 0 Å². The average molecular weight is 352 g/mol. The van der Waals surface area contributed by atoms with Gasteiger partial charge in [-0.15, -0.1) is 0 Å². The molecule has 1 aromatic carbocycles. The van der Waals surface area contributed by atoms with E-state index in [9.17, 15) is 9.59 Å². The number of carbonyl (C=O) groups is 2. The second kappa shape index (κ2) is 6.75. The smallest absolute Gasteiger partial charge is 0.272 e. The zero-order valence-corrected chi connectivity index (χ0v) is 13.8. The molecule has 0 spiro atoms. The maximum Gasteiger partial charge on any atom is 0.272 e. The number of rotatable bonds is 4. The Balaban J connectivity index is 1.35. The Kier molecular flexibility index (Phi) is 4.14. The van der Waals surface area contributed by atoms with Crippen molar-refractivity contribution in [2.24, 2.45) is 0 Å². The summed E-state index contributed by atoms with van der Waals surface area (Å²) in [5.41, 5.74) is 1.63. The van der Waals surface area contributed by atoms with Crippen molar-refractivity contribution in [1.82, 2.24) is 14.9 Å². The first-order valence-electron chi connectivity index (χ1n) is 8.11. The molecule has 3 aromatic rings. The third kappa shape index (κ3) is 3.30. The Morgan fingerprint density at radius 3 is 2.77 bits per heavy atom. The number of pyridine rings is 1. The fourth-order valence-corrected chi connectivity index (χ4v) is 2.63. The van der Waals surface area contributed by atoms with Crippen molar-refractivity contribution >= 4 is 23.0 Å². The van der Waals surface area contributed by atoms with Gasteiger partial charge in [-0.05, 0) is 30.3 Å². The predicted octanol–water partition coefficient (Wildman–Crippen LogP) is 1.47. The summed E-state index contributed by atoms with van der Waals surface area (Å²) in [5.74, 6) is 0.474. The summed E-state index contributed by atoms with van der Waals surface area (Å²) in [4.78, 5) is 24.2. The van der Waals surface area contributed by atoms with Gasteiger partial charge in [0.25, 0.3) is 5.91 Å². The summed E-state index contributed by atoms with van der Waals surface area (Å²) in [5, 5.41) is 9.44. The van der Waals surface area contributed by atoms with Crippen LogP contribution in [0.3, 0.4) is 0 Å². The van der Waals surface area contributed by atoms with Gasteiger partial charge in [-0.25, -0.2) is 4.52 Å². The molecule has 2 amide bonds. The molecule has 8 nitrogen and oxygen atoms in total. The van der Waals surface area contributed by atoms with Crippen molar-refractivity contribution in [1.29, 1.82) is 0 Å². The molecule has 1 aliphatic heterocycles. The van der Waals surface area contributed by atoms with Gasteiger partial charge in [-0.2, -0.15) is 5.10 Å². The molecule has 8 heteroatoms. The standard InChI is InChI=1S/C18H16N4O4/c23-17(20-12-4-5-15-16(9-12)26-8-7-25-15)11-19-18(24)14-10-13-3-1-2-6-22(13)21-14/h1-6,9-10H,7-8,11H2,(H,19,24)(H,20,23). The van der Waals surface area contributed by atoms with Crippen LogP contribution < -0.4 is 20.1 Å². The number of nitrogens with zero attached hydrogens (tertiary/aromatic N) is 2. The molecule has 0 fully saturated rings. The van der Waals surface area contributed by atoms with Gasteiger partial charge >= 0.3 is 0 Å². The molecule has 3 heterocycles. The minimum Gasteiger partial charge on any atom is -0.486 e. The van der Waals surface area contributed by atoms with E-state index < -0.39 is 5.91 Å². The van der Waals surface area contributed by atoms with Crippen molar-refractivity contribution in [3.05, 3.63) is 54.4 Å². The highest BCUT2D eigenvalue weighted by Crippen LogP contribution is 2.32. The van der Waals surface area contributed by atoms with Gasteiger partial charge in [0.15, 0.2) is 17.2 Å². The van der Waals surface area contributed by atoms with Crippen molar-refractivity contribution < 1.29 is 19.1 Å². The number of aromatic nitrogens is 2. The molecule has 0 saturated carbocycles. The molecule has 0 atom stereocenters.